The van der Waals surface area contributed by atoms with Crippen LogP contribution >= 0.6 is 11.8 Å². The Labute approximate surface area is 122 Å². The second kappa shape index (κ2) is 6.05. The highest BCUT2D eigenvalue weighted by molar-refractivity contribution is 8.01. The normalized spacial score (nSPS) is 19.9. The van der Waals surface area contributed by atoms with Crippen LogP contribution < -0.4 is 4.90 Å². The quantitative estimate of drug-likeness (QED) is 0.911. The van der Waals surface area contributed by atoms with E-state index in [1.54, 1.807) is 41.8 Å². The van der Waals surface area contributed by atoms with Gasteiger partial charge in [-0.25, -0.2) is 13.2 Å². The summed E-state index contributed by atoms with van der Waals surface area (Å²) in [6.07, 6.45) is 0. The zero-order valence-electron chi connectivity index (χ0n) is 11.2. The molecule has 1 atom stereocenters. The third kappa shape index (κ3) is 2.93. The summed E-state index contributed by atoms with van der Waals surface area (Å²) in [6, 6.07) is 6.57. The number of sulfone groups is 1. The van der Waals surface area contributed by atoms with Crippen LogP contribution in [0.1, 0.15) is 17.3 Å². The smallest absolute Gasteiger partial charge is 0.337 e. The number of hydrogen-bond donors (Lipinski definition) is 1. The minimum absolute atomic E-state index is 0.0595. The number of anilines is 1. The molecule has 5 nitrogen and oxygen atoms in total. The van der Waals surface area contributed by atoms with Crippen molar-refractivity contribution in [2.75, 3.05) is 28.7 Å². The van der Waals surface area contributed by atoms with Crippen molar-refractivity contribution in [1.82, 2.24) is 0 Å². The minimum atomic E-state index is -3.25. The first-order valence-electron chi connectivity index (χ1n) is 6.35. The van der Waals surface area contributed by atoms with Crippen molar-refractivity contribution >= 4 is 33.3 Å². The molecule has 1 aromatic carbocycles. The van der Waals surface area contributed by atoms with Gasteiger partial charge in [-0.1, -0.05) is 19.1 Å². The number of carbonyl (C=O) groups is 1. The van der Waals surface area contributed by atoms with E-state index >= 15 is 0 Å². The van der Waals surface area contributed by atoms with Gasteiger partial charge in [0.25, 0.3) is 0 Å². The number of nitrogens with zero attached hydrogens (tertiary/aromatic N) is 1. The van der Waals surface area contributed by atoms with E-state index in [1.807, 2.05) is 0 Å². The first kappa shape index (κ1) is 15.2. The maximum absolute atomic E-state index is 12.2. The monoisotopic (exact) mass is 315 g/mol. The van der Waals surface area contributed by atoms with Crippen LogP contribution in [0, 0.1) is 0 Å². The van der Waals surface area contributed by atoms with Gasteiger partial charge >= 0.3 is 5.97 Å². The summed E-state index contributed by atoms with van der Waals surface area (Å²) < 4.78 is 24.4. The third-order valence-corrected chi connectivity index (χ3v) is 6.63. The largest absolute Gasteiger partial charge is 0.478 e. The van der Waals surface area contributed by atoms with Gasteiger partial charge in [-0.05, 0) is 12.1 Å². The Balaban J connectivity index is 2.46. The lowest BCUT2D eigenvalue weighted by Gasteiger charge is -2.37. The van der Waals surface area contributed by atoms with E-state index in [0.29, 0.717) is 18.0 Å². The van der Waals surface area contributed by atoms with Crippen LogP contribution in [0.3, 0.4) is 0 Å². The SMILES string of the molecule is CCS(=O)(=O)C1CSCCN1c1ccccc1C(=O)O. The molecule has 1 aliphatic heterocycles. The number of benzene rings is 1. The minimum Gasteiger partial charge on any atom is -0.478 e. The van der Waals surface area contributed by atoms with Crippen molar-refractivity contribution in [2.24, 2.45) is 0 Å². The van der Waals surface area contributed by atoms with Gasteiger partial charge in [-0.15, -0.1) is 0 Å². The topological polar surface area (TPSA) is 74.7 Å². The van der Waals surface area contributed by atoms with Crippen molar-refractivity contribution in [3.05, 3.63) is 29.8 Å². The lowest BCUT2D eigenvalue weighted by molar-refractivity contribution is 0.0697. The molecule has 1 fully saturated rings. The summed E-state index contributed by atoms with van der Waals surface area (Å²) >= 11 is 1.59. The number of hydrogen-bond acceptors (Lipinski definition) is 5. The predicted molar refractivity (Wildman–Crippen MR) is 81.3 cm³/mol. The average Bonchev–Trinajstić information content (AvgIpc) is 2.47. The van der Waals surface area contributed by atoms with Crippen LogP contribution in [0.2, 0.25) is 0 Å². The summed E-state index contributed by atoms with van der Waals surface area (Å²) in [6.45, 7) is 2.16. The number of carboxylic acid groups (broad SMARTS) is 1. The van der Waals surface area contributed by atoms with Gasteiger partial charge in [0, 0.05) is 23.8 Å². The molecule has 0 bridgehead atoms. The third-order valence-electron chi connectivity index (χ3n) is 3.35. The zero-order valence-corrected chi connectivity index (χ0v) is 12.8. The number of para-hydroxylation sites is 1. The van der Waals surface area contributed by atoms with Crippen molar-refractivity contribution in [1.29, 1.82) is 0 Å². The van der Waals surface area contributed by atoms with E-state index in [4.69, 9.17) is 0 Å². The summed E-state index contributed by atoms with van der Waals surface area (Å²) in [5, 5.41) is 8.61. The van der Waals surface area contributed by atoms with Gasteiger partial charge in [-0.2, -0.15) is 11.8 Å². The molecule has 7 heteroatoms. The highest BCUT2D eigenvalue weighted by atomic mass is 32.2. The molecular formula is C13H17NO4S2. The maximum Gasteiger partial charge on any atom is 0.337 e. The second-order valence-electron chi connectivity index (χ2n) is 4.50. The van der Waals surface area contributed by atoms with Crippen molar-refractivity contribution in [3.8, 4) is 0 Å². The van der Waals surface area contributed by atoms with Gasteiger partial charge in [0.2, 0.25) is 0 Å². The number of carboxylic acids is 1. The molecule has 2 rings (SSSR count). The zero-order chi connectivity index (χ0) is 14.8. The predicted octanol–water partition coefficient (Wildman–Crippen LogP) is 1.70. The standard InChI is InChI=1S/C13H17NO4S2/c1-2-20(17,18)12-9-19-8-7-14(12)11-6-4-3-5-10(11)13(15)16/h3-6,12H,2,7-9H2,1H3,(H,15,16). The molecule has 0 amide bonds. The summed E-state index contributed by atoms with van der Waals surface area (Å²) in [5.41, 5.74) is 0.637. The van der Waals surface area contributed by atoms with Crippen LogP contribution in [-0.2, 0) is 9.84 Å². The van der Waals surface area contributed by atoms with Crippen molar-refractivity contribution < 1.29 is 18.3 Å². The first-order valence-corrected chi connectivity index (χ1v) is 9.22. The fraction of sp³-hybridized carbons (Fsp3) is 0.462. The Kier molecular flexibility index (Phi) is 4.59. The molecule has 1 N–H and O–H groups in total. The van der Waals surface area contributed by atoms with E-state index in [0.717, 1.165) is 5.75 Å². The van der Waals surface area contributed by atoms with Crippen LogP contribution in [0.4, 0.5) is 5.69 Å². The maximum atomic E-state index is 12.2. The van der Waals surface area contributed by atoms with Gasteiger partial charge in [0.05, 0.1) is 11.3 Å². The highest BCUT2D eigenvalue weighted by Crippen LogP contribution is 2.30. The molecule has 0 aliphatic carbocycles. The van der Waals surface area contributed by atoms with Crippen LogP contribution in [-0.4, -0.2) is 48.7 Å². The molecule has 0 spiro atoms. The van der Waals surface area contributed by atoms with Crippen LogP contribution in [0.15, 0.2) is 24.3 Å². The molecule has 0 saturated carbocycles. The van der Waals surface area contributed by atoms with Gasteiger partial charge < -0.3 is 10.0 Å². The molecule has 1 aromatic rings. The van der Waals surface area contributed by atoms with E-state index in [1.165, 1.54) is 6.07 Å². The molecule has 1 unspecified atom stereocenters. The molecule has 1 saturated heterocycles. The van der Waals surface area contributed by atoms with Gasteiger partial charge in [-0.3, -0.25) is 0 Å². The van der Waals surface area contributed by atoms with E-state index in [9.17, 15) is 18.3 Å². The summed E-state index contributed by atoms with van der Waals surface area (Å²) in [7, 11) is -3.25. The molecule has 20 heavy (non-hydrogen) atoms. The molecule has 110 valence electrons. The second-order valence-corrected chi connectivity index (χ2v) is 8.09. The van der Waals surface area contributed by atoms with Gasteiger partial charge in [0.1, 0.15) is 5.37 Å². The lowest BCUT2D eigenvalue weighted by atomic mass is 10.1. The van der Waals surface area contributed by atoms with E-state index in [2.05, 4.69) is 0 Å². The fourth-order valence-electron chi connectivity index (χ4n) is 2.25. The van der Waals surface area contributed by atoms with Crippen molar-refractivity contribution in [3.63, 3.8) is 0 Å². The van der Waals surface area contributed by atoms with Crippen molar-refractivity contribution in [2.45, 2.75) is 12.3 Å². The Bertz CT molecular complexity index is 600. The lowest BCUT2D eigenvalue weighted by Crippen LogP contribution is -2.48. The molecular weight excluding hydrogens is 298 g/mol. The summed E-state index contributed by atoms with van der Waals surface area (Å²) in [5.74, 6) is 0.295. The Morgan fingerprint density at radius 3 is 2.80 bits per heavy atom. The fourth-order valence-corrected chi connectivity index (χ4v) is 5.23. The molecule has 0 aromatic heterocycles. The first-order chi connectivity index (χ1) is 9.47. The van der Waals surface area contributed by atoms with Gasteiger partial charge in [0.15, 0.2) is 9.84 Å². The molecule has 1 aliphatic rings. The Morgan fingerprint density at radius 2 is 2.15 bits per heavy atom. The van der Waals surface area contributed by atoms with Crippen LogP contribution in [0.5, 0.6) is 0 Å². The van der Waals surface area contributed by atoms with E-state index in [-0.39, 0.29) is 11.3 Å². The summed E-state index contributed by atoms with van der Waals surface area (Å²) in [4.78, 5) is 13.0. The number of thioether (sulfide) groups is 1. The number of aromatic carboxylic acids is 1. The number of rotatable bonds is 4. The molecule has 0 radical (unpaired) electrons. The Morgan fingerprint density at radius 1 is 1.45 bits per heavy atom. The average molecular weight is 315 g/mol. The highest BCUT2D eigenvalue weighted by Gasteiger charge is 2.34. The van der Waals surface area contributed by atoms with Crippen LogP contribution in [0.25, 0.3) is 0 Å². The Hall–Kier alpha value is -1.21. The molecule has 1 heterocycles. The van der Waals surface area contributed by atoms with E-state index < -0.39 is 21.2 Å².